The Balaban J connectivity index is 1.62. The van der Waals surface area contributed by atoms with E-state index in [1.807, 2.05) is 22.5 Å². The lowest BCUT2D eigenvalue weighted by Gasteiger charge is -2.13. The molecule has 0 aliphatic rings. The average molecular weight is 522 g/mol. The number of nitro groups is 1. The number of aryl methyl sites for hydroxylation is 1. The summed E-state index contributed by atoms with van der Waals surface area (Å²) in [6.07, 6.45) is 3.34. The second-order valence-corrected chi connectivity index (χ2v) is 9.74. The maximum absolute atomic E-state index is 12.8. The van der Waals surface area contributed by atoms with Crippen LogP contribution >= 0.6 is 0 Å². The van der Waals surface area contributed by atoms with Gasteiger partial charge in [-0.1, -0.05) is 24.8 Å². The summed E-state index contributed by atoms with van der Waals surface area (Å²) in [6, 6.07) is 15.1. The molecule has 0 fully saturated rings. The molecular weight excluding hydrogens is 498 g/mol. The minimum absolute atomic E-state index is 0.0137. The van der Waals surface area contributed by atoms with E-state index in [1.54, 1.807) is 18.2 Å². The molecular formula is C26H23N3O7S. The topological polar surface area (TPSA) is 130 Å². The van der Waals surface area contributed by atoms with Gasteiger partial charge < -0.3 is 14.0 Å². The number of benzene rings is 3. The zero-order valence-electron chi connectivity index (χ0n) is 20.0. The highest BCUT2D eigenvalue weighted by Gasteiger charge is 2.23. The lowest BCUT2D eigenvalue weighted by atomic mass is 10.0. The van der Waals surface area contributed by atoms with Crippen LogP contribution in [0.1, 0.15) is 21.5 Å². The van der Waals surface area contributed by atoms with Crippen LogP contribution in [0, 0.1) is 10.1 Å². The van der Waals surface area contributed by atoms with Crippen LogP contribution in [0.15, 0.2) is 84.6 Å². The number of hydrogen-bond acceptors (Lipinski definition) is 7. The van der Waals surface area contributed by atoms with Gasteiger partial charge in [-0.25, -0.2) is 13.1 Å². The van der Waals surface area contributed by atoms with Crippen LogP contribution < -0.4 is 14.2 Å². The number of hydrogen-bond donors (Lipinski definition) is 1. The highest BCUT2D eigenvalue weighted by Crippen LogP contribution is 2.30. The predicted molar refractivity (Wildman–Crippen MR) is 137 cm³/mol. The number of nitro benzene ring substituents is 1. The third-order valence-corrected chi connectivity index (χ3v) is 7.14. The van der Waals surface area contributed by atoms with E-state index in [0.29, 0.717) is 17.7 Å². The summed E-state index contributed by atoms with van der Waals surface area (Å²) >= 11 is 0. The standard InChI is InChI=1S/C26H23N3O7S/c1-4-36-23-7-5-6-8-25(23)37(33,34)27-26(30)18-10-9-17(24(14-18)35-3)13-19-16-28(2)22-12-11-20(29(31)32)15-21(19)22/h4-12,14-16H,1,13H2,2-3H3,(H,27,30). The van der Waals surface area contributed by atoms with Crippen LogP contribution in [-0.4, -0.2) is 30.9 Å². The zero-order chi connectivity index (χ0) is 26.7. The Labute approximate surface area is 212 Å². The van der Waals surface area contributed by atoms with Gasteiger partial charge in [0.05, 0.1) is 18.3 Å². The number of aromatic nitrogens is 1. The van der Waals surface area contributed by atoms with Crippen molar-refractivity contribution in [1.82, 2.24) is 9.29 Å². The zero-order valence-corrected chi connectivity index (χ0v) is 20.8. The van der Waals surface area contributed by atoms with Crippen molar-refractivity contribution in [2.75, 3.05) is 7.11 Å². The molecule has 4 rings (SSSR count). The SMILES string of the molecule is C=COc1ccccc1S(=O)(=O)NC(=O)c1ccc(Cc2cn(C)c3ccc([N+](=O)[O-])cc23)c(OC)c1. The van der Waals surface area contributed by atoms with E-state index in [0.717, 1.165) is 22.7 Å². The van der Waals surface area contributed by atoms with Gasteiger partial charge in [-0.05, 0) is 41.5 Å². The minimum Gasteiger partial charge on any atom is -0.496 e. The second kappa shape index (κ2) is 10.2. The molecule has 11 heteroatoms. The fourth-order valence-corrected chi connectivity index (χ4v) is 5.16. The number of nitrogens with zero attached hydrogens (tertiary/aromatic N) is 2. The molecule has 4 aromatic rings. The normalized spacial score (nSPS) is 11.2. The number of ether oxygens (including phenoxy) is 2. The fourth-order valence-electron chi connectivity index (χ4n) is 4.05. The van der Waals surface area contributed by atoms with Crippen LogP contribution in [0.25, 0.3) is 10.9 Å². The molecule has 0 unspecified atom stereocenters. The number of rotatable bonds is 9. The van der Waals surface area contributed by atoms with E-state index in [4.69, 9.17) is 9.47 Å². The van der Waals surface area contributed by atoms with Crippen LogP contribution in [-0.2, 0) is 23.5 Å². The van der Waals surface area contributed by atoms with E-state index in [2.05, 4.69) is 6.58 Å². The van der Waals surface area contributed by atoms with Gasteiger partial charge in [0.25, 0.3) is 21.6 Å². The maximum Gasteiger partial charge on any atom is 0.270 e. The molecule has 0 saturated carbocycles. The summed E-state index contributed by atoms with van der Waals surface area (Å²) in [6.45, 7) is 3.43. The first kappa shape index (κ1) is 25.5. The summed E-state index contributed by atoms with van der Waals surface area (Å²) in [5, 5.41) is 12.0. The van der Waals surface area contributed by atoms with Gasteiger partial charge in [0, 0.05) is 48.3 Å². The average Bonchev–Trinajstić information content (AvgIpc) is 3.18. The number of nitrogens with one attached hydrogen (secondary N) is 1. The molecule has 1 heterocycles. The van der Waals surface area contributed by atoms with Crippen molar-refractivity contribution in [3.8, 4) is 11.5 Å². The highest BCUT2D eigenvalue weighted by atomic mass is 32.2. The molecule has 1 N–H and O–H groups in total. The van der Waals surface area contributed by atoms with E-state index in [9.17, 15) is 23.3 Å². The molecule has 0 atom stereocenters. The van der Waals surface area contributed by atoms with Crippen molar-refractivity contribution in [3.63, 3.8) is 0 Å². The molecule has 37 heavy (non-hydrogen) atoms. The first-order valence-electron chi connectivity index (χ1n) is 11.0. The van der Waals surface area contributed by atoms with Crippen LogP contribution in [0.4, 0.5) is 5.69 Å². The molecule has 1 aromatic heterocycles. The summed E-state index contributed by atoms with van der Waals surface area (Å²) < 4.78 is 40.2. The Bertz CT molecular complexity index is 1640. The lowest BCUT2D eigenvalue weighted by Crippen LogP contribution is -2.30. The summed E-state index contributed by atoms with van der Waals surface area (Å²) in [5.41, 5.74) is 2.44. The first-order chi connectivity index (χ1) is 17.6. The fraction of sp³-hybridized carbons (Fsp3) is 0.115. The summed E-state index contributed by atoms with van der Waals surface area (Å²) in [5.74, 6) is -0.456. The van der Waals surface area contributed by atoms with Gasteiger partial charge in [0.1, 0.15) is 16.4 Å². The second-order valence-electron chi connectivity index (χ2n) is 8.09. The lowest BCUT2D eigenvalue weighted by molar-refractivity contribution is -0.384. The van der Waals surface area contributed by atoms with Gasteiger partial charge >= 0.3 is 0 Å². The van der Waals surface area contributed by atoms with Crippen molar-refractivity contribution in [2.24, 2.45) is 7.05 Å². The molecule has 0 aliphatic carbocycles. The molecule has 0 saturated heterocycles. The largest absolute Gasteiger partial charge is 0.496 e. The molecule has 0 radical (unpaired) electrons. The number of para-hydroxylation sites is 1. The van der Waals surface area contributed by atoms with Crippen LogP contribution in [0.5, 0.6) is 11.5 Å². The minimum atomic E-state index is -4.24. The number of non-ortho nitro benzene ring substituents is 1. The molecule has 3 aromatic carbocycles. The molecule has 0 aliphatic heterocycles. The van der Waals surface area contributed by atoms with Gasteiger partial charge in [-0.15, -0.1) is 0 Å². The van der Waals surface area contributed by atoms with Crippen LogP contribution in [0.3, 0.4) is 0 Å². The maximum atomic E-state index is 12.8. The third kappa shape index (κ3) is 5.16. The number of sulfonamides is 1. The Morgan fingerprint density at radius 2 is 1.86 bits per heavy atom. The number of fused-ring (bicyclic) bond motifs is 1. The molecule has 0 spiro atoms. The van der Waals surface area contributed by atoms with Crippen molar-refractivity contribution in [3.05, 3.63) is 107 Å². The molecule has 0 bridgehead atoms. The number of methoxy groups -OCH3 is 1. The van der Waals surface area contributed by atoms with Crippen molar-refractivity contribution in [1.29, 1.82) is 0 Å². The predicted octanol–water partition coefficient (Wildman–Crippen LogP) is 4.33. The van der Waals surface area contributed by atoms with E-state index < -0.39 is 20.9 Å². The Morgan fingerprint density at radius 1 is 1.11 bits per heavy atom. The smallest absolute Gasteiger partial charge is 0.270 e. The van der Waals surface area contributed by atoms with E-state index in [-0.39, 0.29) is 21.9 Å². The third-order valence-electron chi connectivity index (χ3n) is 5.77. The number of carbonyl (C=O) groups excluding carboxylic acids is 1. The van der Waals surface area contributed by atoms with Crippen molar-refractivity contribution in [2.45, 2.75) is 11.3 Å². The number of carbonyl (C=O) groups is 1. The number of amides is 1. The van der Waals surface area contributed by atoms with Gasteiger partial charge in [-0.2, -0.15) is 0 Å². The van der Waals surface area contributed by atoms with Crippen molar-refractivity contribution >= 4 is 32.5 Å². The summed E-state index contributed by atoms with van der Waals surface area (Å²) in [4.78, 5) is 23.4. The summed E-state index contributed by atoms with van der Waals surface area (Å²) in [7, 11) is -0.956. The molecule has 10 nitrogen and oxygen atoms in total. The van der Waals surface area contributed by atoms with Gasteiger partial charge in [0.15, 0.2) is 0 Å². The Hall–Kier alpha value is -4.64. The quantitative estimate of drug-likeness (QED) is 0.197. The molecule has 190 valence electrons. The van der Waals surface area contributed by atoms with Crippen LogP contribution in [0.2, 0.25) is 0 Å². The first-order valence-corrected chi connectivity index (χ1v) is 12.5. The van der Waals surface area contributed by atoms with Crippen molar-refractivity contribution < 1.29 is 27.6 Å². The van der Waals surface area contributed by atoms with E-state index in [1.165, 1.54) is 49.6 Å². The highest BCUT2D eigenvalue weighted by molar-refractivity contribution is 7.90. The van der Waals surface area contributed by atoms with Gasteiger partial charge in [-0.3, -0.25) is 14.9 Å². The van der Waals surface area contributed by atoms with E-state index >= 15 is 0 Å². The Morgan fingerprint density at radius 3 is 2.57 bits per heavy atom. The van der Waals surface area contributed by atoms with Gasteiger partial charge in [0.2, 0.25) is 0 Å². The Kier molecular flexibility index (Phi) is 6.98. The monoisotopic (exact) mass is 521 g/mol. The molecule has 1 amide bonds.